The lowest BCUT2D eigenvalue weighted by atomic mass is 10.3. The predicted octanol–water partition coefficient (Wildman–Crippen LogP) is 1.93. The number of aromatic nitrogens is 2. The second kappa shape index (κ2) is 5.28. The van der Waals surface area contributed by atoms with Crippen LogP contribution in [0.4, 0.5) is 5.82 Å². The van der Waals surface area contributed by atoms with Gasteiger partial charge in [-0.1, -0.05) is 11.6 Å². The third kappa shape index (κ3) is 3.64. The molecule has 84 valence electrons. The molecular formula is C10H16ClN3O. The summed E-state index contributed by atoms with van der Waals surface area (Å²) < 4.78 is 0. The minimum Gasteiger partial charge on any atom is -0.393 e. The summed E-state index contributed by atoms with van der Waals surface area (Å²) in [4.78, 5) is 8.28. The first-order chi connectivity index (χ1) is 7.00. The molecule has 0 amide bonds. The van der Waals surface area contributed by atoms with E-state index in [1.807, 2.05) is 6.92 Å². The molecule has 1 aromatic heterocycles. The number of nitrogens with zero attached hydrogens (tertiary/aromatic N) is 2. The van der Waals surface area contributed by atoms with E-state index in [1.54, 1.807) is 13.8 Å². The number of aryl methyl sites for hydroxylation is 1. The lowest BCUT2D eigenvalue weighted by Gasteiger charge is -2.10. The van der Waals surface area contributed by atoms with Crippen molar-refractivity contribution in [3.63, 3.8) is 0 Å². The Hall–Kier alpha value is -0.870. The maximum Gasteiger partial charge on any atom is 0.137 e. The highest BCUT2D eigenvalue weighted by Gasteiger charge is 2.06. The number of hydrogen-bond acceptors (Lipinski definition) is 4. The summed E-state index contributed by atoms with van der Waals surface area (Å²) in [6.07, 6.45) is 0.372. The standard InChI is InChI=1S/C10H16ClN3O/c1-6(15)4-5-12-10-7(2)9(11)13-8(3)14-10/h6,15H,4-5H2,1-3H3,(H,12,13,14). The highest BCUT2D eigenvalue weighted by atomic mass is 35.5. The average Bonchev–Trinajstić information content (AvgIpc) is 2.12. The van der Waals surface area contributed by atoms with Gasteiger partial charge in [-0.2, -0.15) is 0 Å². The Labute approximate surface area is 94.7 Å². The van der Waals surface area contributed by atoms with Crippen LogP contribution in [0.3, 0.4) is 0 Å². The van der Waals surface area contributed by atoms with Crippen molar-refractivity contribution in [2.75, 3.05) is 11.9 Å². The van der Waals surface area contributed by atoms with Crippen LogP contribution in [-0.4, -0.2) is 27.7 Å². The summed E-state index contributed by atoms with van der Waals surface area (Å²) in [5, 5.41) is 12.7. The first-order valence-corrected chi connectivity index (χ1v) is 5.31. The van der Waals surface area contributed by atoms with E-state index in [1.165, 1.54) is 0 Å². The van der Waals surface area contributed by atoms with Gasteiger partial charge in [-0.05, 0) is 27.2 Å². The second-order valence-electron chi connectivity index (χ2n) is 3.60. The minimum absolute atomic E-state index is 0.309. The van der Waals surface area contributed by atoms with Crippen LogP contribution in [0.15, 0.2) is 0 Å². The van der Waals surface area contributed by atoms with Gasteiger partial charge < -0.3 is 10.4 Å². The molecule has 0 aliphatic rings. The van der Waals surface area contributed by atoms with E-state index in [0.717, 1.165) is 11.4 Å². The van der Waals surface area contributed by atoms with Gasteiger partial charge in [0, 0.05) is 12.1 Å². The molecule has 1 rings (SSSR count). The van der Waals surface area contributed by atoms with Crippen molar-refractivity contribution in [2.24, 2.45) is 0 Å². The SMILES string of the molecule is Cc1nc(Cl)c(C)c(NCCC(C)O)n1. The molecule has 1 aromatic rings. The van der Waals surface area contributed by atoms with Gasteiger partial charge in [0.25, 0.3) is 0 Å². The van der Waals surface area contributed by atoms with E-state index in [9.17, 15) is 0 Å². The fourth-order valence-corrected chi connectivity index (χ4v) is 1.38. The minimum atomic E-state index is -0.309. The van der Waals surface area contributed by atoms with Gasteiger partial charge >= 0.3 is 0 Å². The fourth-order valence-electron chi connectivity index (χ4n) is 1.17. The summed E-state index contributed by atoms with van der Waals surface area (Å²) in [5.41, 5.74) is 0.841. The van der Waals surface area contributed by atoms with Gasteiger partial charge in [-0.15, -0.1) is 0 Å². The van der Waals surface area contributed by atoms with Crippen LogP contribution in [0, 0.1) is 13.8 Å². The van der Waals surface area contributed by atoms with E-state index in [-0.39, 0.29) is 6.10 Å². The summed E-state index contributed by atoms with van der Waals surface area (Å²) in [7, 11) is 0. The first-order valence-electron chi connectivity index (χ1n) is 4.93. The summed E-state index contributed by atoms with van der Waals surface area (Å²) >= 11 is 5.92. The van der Waals surface area contributed by atoms with Gasteiger partial charge in [-0.25, -0.2) is 9.97 Å². The Morgan fingerprint density at radius 2 is 2.07 bits per heavy atom. The number of anilines is 1. The van der Waals surface area contributed by atoms with Gasteiger partial charge in [-0.3, -0.25) is 0 Å². The van der Waals surface area contributed by atoms with Crippen molar-refractivity contribution in [1.82, 2.24) is 9.97 Å². The Balaban J connectivity index is 2.68. The van der Waals surface area contributed by atoms with Crippen LogP contribution in [-0.2, 0) is 0 Å². The van der Waals surface area contributed by atoms with Crippen LogP contribution in [0.25, 0.3) is 0 Å². The number of rotatable bonds is 4. The van der Waals surface area contributed by atoms with E-state index in [4.69, 9.17) is 16.7 Å². The molecule has 0 spiro atoms. The Bertz CT molecular complexity index is 342. The van der Waals surface area contributed by atoms with Gasteiger partial charge in [0.15, 0.2) is 0 Å². The molecule has 0 aliphatic carbocycles. The molecule has 0 saturated heterocycles. The van der Waals surface area contributed by atoms with Crippen molar-refractivity contribution in [2.45, 2.75) is 33.3 Å². The molecule has 0 radical (unpaired) electrons. The summed E-state index contributed by atoms with van der Waals surface area (Å²) in [5.74, 6) is 1.39. The van der Waals surface area contributed by atoms with Crippen LogP contribution in [0.1, 0.15) is 24.7 Å². The third-order valence-electron chi connectivity index (χ3n) is 2.05. The lowest BCUT2D eigenvalue weighted by Crippen LogP contribution is -2.12. The summed E-state index contributed by atoms with van der Waals surface area (Å²) in [6.45, 7) is 6.09. The number of aliphatic hydroxyl groups is 1. The topological polar surface area (TPSA) is 58.0 Å². The van der Waals surface area contributed by atoms with Crippen molar-refractivity contribution in [3.05, 3.63) is 16.5 Å². The molecular weight excluding hydrogens is 214 g/mol. The highest BCUT2D eigenvalue weighted by Crippen LogP contribution is 2.19. The fraction of sp³-hybridized carbons (Fsp3) is 0.600. The van der Waals surface area contributed by atoms with Crippen LogP contribution in [0.5, 0.6) is 0 Å². The van der Waals surface area contributed by atoms with E-state index >= 15 is 0 Å². The van der Waals surface area contributed by atoms with Crippen LogP contribution in [0.2, 0.25) is 5.15 Å². The first kappa shape index (κ1) is 12.2. The molecule has 15 heavy (non-hydrogen) atoms. The molecule has 1 unspecified atom stereocenters. The van der Waals surface area contributed by atoms with Gasteiger partial charge in [0.05, 0.1) is 6.10 Å². The third-order valence-corrected chi connectivity index (χ3v) is 2.42. The van der Waals surface area contributed by atoms with E-state index in [0.29, 0.717) is 23.9 Å². The molecule has 1 heterocycles. The van der Waals surface area contributed by atoms with Crippen molar-refractivity contribution in [1.29, 1.82) is 0 Å². The zero-order chi connectivity index (χ0) is 11.4. The Morgan fingerprint density at radius 3 is 2.67 bits per heavy atom. The zero-order valence-corrected chi connectivity index (χ0v) is 9.97. The molecule has 0 bridgehead atoms. The Morgan fingerprint density at radius 1 is 1.40 bits per heavy atom. The molecule has 0 fully saturated rings. The Kier molecular flexibility index (Phi) is 4.29. The van der Waals surface area contributed by atoms with Crippen molar-refractivity contribution in [3.8, 4) is 0 Å². The number of hydrogen-bond donors (Lipinski definition) is 2. The molecule has 0 saturated carbocycles. The molecule has 1 atom stereocenters. The largest absolute Gasteiger partial charge is 0.393 e. The monoisotopic (exact) mass is 229 g/mol. The maximum absolute atomic E-state index is 9.11. The van der Waals surface area contributed by atoms with E-state index < -0.39 is 0 Å². The number of nitrogens with one attached hydrogen (secondary N) is 1. The molecule has 0 aromatic carbocycles. The number of halogens is 1. The van der Waals surface area contributed by atoms with Crippen LogP contribution < -0.4 is 5.32 Å². The molecule has 0 aliphatic heterocycles. The van der Waals surface area contributed by atoms with Crippen molar-refractivity contribution >= 4 is 17.4 Å². The maximum atomic E-state index is 9.11. The number of aliphatic hydroxyl groups excluding tert-OH is 1. The predicted molar refractivity (Wildman–Crippen MR) is 61.3 cm³/mol. The average molecular weight is 230 g/mol. The van der Waals surface area contributed by atoms with Gasteiger partial charge in [0.1, 0.15) is 16.8 Å². The molecule has 5 heteroatoms. The normalized spacial score (nSPS) is 12.6. The second-order valence-corrected chi connectivity index (χ2v) is 3.96. The van der Waals surface area contributed by atoms with Crippen LogP contribution >= 0.6 is 11.6 Å². The zero-order valence-electron chi connectivity index (χ0n) is 9.21. The van der Waals surface area contributed by atoms with Crippen molar-refractivity contribution < 1.29 is 5.11 Å². The lowest BCUT2D eigenvalue weighted by molar-refractivity contribution is 0.188. The molecule has 4 nitrogen and oxygen atoms in total. The smallest absolute Gasteiger partial charge is 0.137 e. The summed E-state index contributed by atoms with van der Waals surface area (Å²) in [6, 6.07) is 0. The highest BCUT2D eigenvalue weighted by molar-refractivity contribution is 6.30. The quantitative estimate of drug-likeness (QED) is 0.775. The van der Waals surface area contributed by atoms with E-state index in [2.05, 4.69) is 15.3 Å². The molecule has 2 N–H and O–H groups in total. The van der Waals surface area contributed by atoms with Gasteiger partial charge in [0.2, 0.25) is 0 Å².